The number of carbonyl (C=O) groups is 2. The average molecular weight is 400 g/mol. The standard InChI is InChI=1S/C25H18ClNO2/c26-15-6-5-7-16(12-15)27-22(28)14-25(24(27)29)13-21-17-8-1-3-10-19(17)23(25)20-11-4-2-9-18(20)21/h1-12,21,23H,13-14H2. The molecule has 142 valence electrons. The summed E-state index contributed by atoms with van der Waals surface area (Å²) in [5.41, 5.74) is 4.80. The molecule has 1 unspecified atom stereocenters. The van der Waals surface area contributed by atoms with Crippen molar-refractivity contribution in [1.82, 2.24) is 0 Å². The molecule has 3 aromatic carbocycles. The maximum absolute atomic E-state index is 13.9. The van der Waals surface area contributed by atoms with Crippen LogP contribution in [-0.4, -0.2) is 11.8 Å². The van der Waals surface area contributed by atoms with E-state index in [4.69, 9.17) is 11.6 Å². The smallest absolute Gasteiger partial charge is 0.241 e. The van der Waals surface area contributed by atoms with Gasteiger partial charge in [-0.1, -0.05) is 66.2 Å². The van der Waals surface area contributed by atoms with E-state index < -0.39 is 5.41 Å². The molecule has 1 heterocycles. The van der Waals surface area contributed by atoms with Gasteiger partial charge >= 0.3 is 0 Å². The quantitative estimate of drug-likeness (QED) is 0.523. The van der Waals surface area contributed by atoms with E-state index in [1.165, 1.54) is 27.2 Å². The van der Waals surface area contributed by atoms with Gasteiger partial charge in [-0.15, -0.1) is 0 Å². The monoisotopic (exact) mass is 399 g/mol. The van der Waals surface area contributed by atoms with Crippen LogP contribution in [0, 0.1) is 5.41 Å². The highest BCUT2D eigenvalue weighted by molar-refractivity contribution is 6.31. The molecule has 29 heavy (non-hydrogen) atoms. The number of amides is 2. The second kappa shape index (κ2) is 5.80. The molecule has 0 radical (unpaired) electrons. The van der Waals surface area contributed by atoms with Crippen molar-refractivity contribution in [1.29, 1.82) is 0 Å². The molecule has 3 aliphatic carbocycles. The van der Waals surface area contributed by atoms with Crippen LogP contribution >= 0.6 is 11.6 Å². The first-order valence-corrected chi connectivity index (χ1v) is 10.3. The molecular formula is C25H18ClNO2. The zero-order chi connectivity index (χ0) is 19.8. The lowest BCUT2D eigenvalue weighted by molar-refractivity contribution is -0.127. The Morgan fingerprint density at radius 1 is 0.828 bits per heavy atom. The van der Waals surface area contributed by atoms with E-state index in [0.717, 1.165) is 0 Å². The molecule has 1 atom stereocenters. The lowest BCUT2D eigenvalue weighted by atomic mass is 9.51. The minimum absolute atomic E-state index is 0.0937. The lowest BCUT2D eigenvalue weighted by Crippen LogP contribution is -2.47. The molecule has 0 saturated carbocycles. The number of hydrogen-bond donors (Lipinski definition) is 0. The van der Waals surface area contributed by atoms with E-state index in [2.05, 4.69) is 36.4 Å². The fraction of sp³-hybridized carbons (Fsp3) is 0.200. The molecule has 2 bridgehead atoms. The Morgan fingerprint density at radius 2 is 1.45 bits per heavy atom. The Labute approximate surface area is 173 Å². The van der Waals surface area contributed by atoms with Crippen molar-refractivity contribution >= 4 is 29.1 Å². The van der Waals surface area contributed by atoms with Crippen molar-refractivity contribution in [3.05, 3.63) is 100 Å². The van der Waals surface area contributed by atoms with Gasteiger partial charge in [0.15, 0.2) is 0 Å². The van der Waals surface area contributed by atoms with Gasteiger partial charge in [0.25, 0.3) is 0 Å². The lowest BCUT2D eigenvalue weighted by Gasteiger charge is -2.50. The van der Waals surface area contributed by atoms with Gasteiger partial charge in [-0.2, -0.15) is 0 Å². The van der Waals surface area contributed by atoms with E-state index in [1.807, 2.05) is 12.1 Å². The van der Waals surface area contributed by atoms with E-state index in [0.29, 0.717) is 17.1 Å². The van der Waals surface area contributed by atoms with E-state index in [1.54, 1.807) is 24.3 Å². The Balaban J connectivity index is 1.55. The molecule has 2 amide bonds. The Hall–Kier alpha value is -2.91. The molecule has 1 aliphatic heterocycles. The third-order valence-corrected chi connectivity index (χ3v) is 7.13. The summed E-state index contributed by atoms with van der Waals surface area (Å²) in [7, 11) is 0. The number of benzene rings is 3. The Kier molecular flexibility index (Phi) is 3.40. The van der Waals surface area contributed by atoms with Crippen LogP contribution in [0.2, 0.25) is 5.02 Å². The molecule has 4 heteroatoms. The molecule has 3 aromatic rings. The molecular weight excluding hydrogens is 382 g/mol. The van der Waals surface area contributed by atoms with Crippen molar-refractivity contribution < 1.29 is 9.59 Å². The van der Waals surface area contributed by atoms with Crippen LogP contribution in [-0.2, 0) is 9.59 Å². The summed E-state index contributed by atoms with van der Waals surface area (Å²) in [6.45, 7) is 0. The normalized spacial score (nSPS) is 26.7. The average Bonchev–Trinajstić information content (AvgIpc) is 2.97. The summed E-state index contributed by atoms with van der Waals surface area (Å²) in [5.74, 6) is -0.187. The van der Waals surface area contributed by atoms with E-state index in [-0.39, 0.29) is 30.1 Å². The Morgan fingerprint density at radius 3 is 2.07 bits per heavy atom. The molecule has 7 rings (SSSR count). The number of hydrogen-bond acceptors (Lipinski definition) is 2. The van der Waals surface area contributed by atoms with Crippen LogP contribution in [0.25, 0.3) is 0 Å². The van der Waals surface area contributed by atoms with Crippen molar-refractivity contribution in [3.63, 3.8) is 0 Å². The van der Waals surface area contributed by atoms with Crippen LogP contribution < -0.4 is 4.90 Å². The van der Waals surface area contributed by atoms with Crippen LogP contribution in [0.15, 0.2) is 72.8 Å². The molecule has 0 aromatic heterocycles. The molecule has 1 fully saturated rings. The van der Waals surface area contributed by atoms with Gasteiger partial charge in [0.2, 0.25) is 11.8 Å². The van der Waals surface area contributed by atoms with Crippen LogP contribution in [0.4, 0.5) is 5.69 Å². The minimum atomic E-state index is -0.729. The number of halogens is 1. The summed E-state index contributed by atoms with van der Waals surface area (Å²) in [4.78, 5) is 28.4. The Bertz CT molecular complexity index is 1160. The number of imide groups is 1. The second-order valence-electron chi connectivity index (χ2n) is 8.29. The predicted octanol–water partition coefficient (Wildman–Crippen LogP) is 5.27. The van der Waals surface area contributed by atoms with E-state index >= 15 is 0 Å². The summed E-state index contributed by atoms with van der Waals surface area (Å²) in [5, 5.41) is 0.518. The maximum atomic E-state index is 13.9. The van der Waals surface area contributed by atoms with Crippen molar-refractivity contribution in [2.45, 2.75) is 24.7 Å². The predicted molar refractivity (Wildman–Crippen MR) is 112 cm³/mol. The fourth-order valence-electron chi connectivity index (χ4n) is 5.84. The first-order chi connectivity index (χ1) is 14.1. The SMILES string of the molecule is O=C1CC2(CC3c4ccccc4C2c2ccccc23)C(=O)N1c1cccc(Cl)c1. The molecule has 0 N–H and O–H groups in total. The largest absolute Gasteiger partial charge is 0.274 e. The van der Waals surface area contributed by atoms with Gasteiger partial charge in [-0.05, 0) is 46.9 Å². The summed E-state index contributed by atoms with van der Waals surface area (Å²) in [6.07, 6.45) is 0.912. The molecule has 1 spiro atoms. The highest BCUT2D eigenvalue weighted by atomic mass is 35.5. The fourth-order valence-corrected chi connectivity index (χ4v) is 6.02. The number of carbonyl (C=O) groups excluding carboxylic acids is 2. The first kappa shape index (κ1) is 17.0. The third kappa shape index (κ3) is 2.14. The minimum Gasteiger partial charge on any atom is -0.274 e. The van der Waals surface area contributed by atoms with Crippen LogP contribution in [0.5, 0.6) is 0 Å². The number of nitrogens with zero attached hydrogens (tertiary/aromatic N) is 1. The second-order valence-corrected chi connectivity index (χ2v) is 8.73. The van der Waals surface area contributed by atoms with Crippen molar-refractivity contribution in [3.8, 4) is 0 Å². The highest BCUT2D eigenvalue weighted by Crippen LogP contribution is 2.64. The van der Waals surface area contributed by atoms with Crippen molar-refractivity contribution in [2.75, 3.05) is 4.90 Å². The summed E-state index contributed by atoms with van der Waals surface area (Å²) >= 11 is 6.14. The van der Waals surface area contributed by atoms with Crippen LogP contribution in [0.3, 0.4) is 0 Å². The maximum Gasteiger partial charge on any atom is 0.241 e. The van der Waals surface area contributed by atoms with Gasteiger partial charge in [-0.3, -0.25) is 9.59 Å². The van der Waals surface area contributed by atoms with Gasteiger partial charge in [0.05, 0.1) is 11.1 Å². The number of anilines is 1. The van der Waals surface area contributed by atoms with Gasteiger partial charge in [-0.25, -0.2) is 4.90 Å². The van der Waals surface area contributed by atoms with E-state index in [9.17, 15) is 9.59 Å². The molecule has 3 nitrogen and oxygen atoms in total. The summed E-state index contributed by atoms with van der Waals surface area (Å²) in [6, 6.07) is 23.8. The zero-order valence-electron chi connectivity index (χ0n) is 15.6. The van der Waals surface area contributed by atoms with Gasteiger partial charge in [0.1, 0.15) is 0 Å². The van der Waals surface area contributed by atoms with Crippen molar-refractivity contribution in [2.24, 2.45) is 5.41 Å². The summed E-state index contributed by atoms with van der Waals surface area (Å²) < 4.78 is 0. The zero-order valence-corrected chi connectivity index (χ0v) is 16.4. The molecule has 1 saturated heterocycles. The van der Waals surface area contributed by atoms with Gasteiger partial charge in [0, 0.05) is 23.3 Å². The first-order valence-electron chi connectivity index (χ1n) is 9.91. The highest BCUT2D eigenvalue weighted by Gasteiger charge is 2.62. The third-order valence-electron chi connectivity index (χ3n) is 6.90. The number of rotatable bonds is 1. The van der Waals surface area contributed by atoms with Gasteiger partial charge < -0.3 is 0 Å². The van der Waals surface area contributed by atoms with Crippen LogP contribution in [0.1, 0.15) is 46.9 Å². The topological polar surface area (TPSA) is 37.4 Å². The molecule has 4 aliphatic rings.